The van der Waals surface area contributed by atoms with E-state index in [1.807, 2.05) is 42.5 Å². The number of benzene rings is 1. The number of hydrogen-bond acceptors (Lipinski definition) is 4. The van der Waals surface area contributed by atoms with E-state index in [4.69, 9.17) is 9.25 Å². The summed E-state index contributed by atoms with van der Waals surface area (Å²) in [6, 6.07) is 13.8. The molecule has 1 aliphatic heterocycles. The molecular weight excluding hydrogens is 280 g/mol. The van der Waals surface area contributed by atoms with Crippen LogP contribution in [0, 0.1) is 0 Å². The molecule has 5 nitrogen and oxygen atoms in total. The number of rotatable bonds is 6. The lowest BCUT2D eigenvalue weighted by atomic mass is 10.0. The predicted molar refractivity (Wildman–Crippen MR) is 82.5 cm³/mol. The van der Waals surface area contributed by atoms with Gasteiger partial charge in [-0.1, -0.05) is 35.5 Å². The van der Waals surface area contributed by atoms with E-state index in [2.05, 4.69) is 10.5 Å². The van der Waals surface area contributed by atoms with Gasteiger partial charge in [-0.2, -0.15) is 0 Å². The molecule has 2 heterocycles. The van der Waals surface area contributed by atoms with Gasteiger partial charge in [0, 0.05) is 25.8 Å². The Kier molecular flexibility index (Phi) is 4.53. The lowest BCUT2D eigenvalue weighted by Crippen LogP contribution is -2.36. The molecule has 2 aromatic rings. The molecule has 3 rings (SSSR count). The van der Waals surface area contributed by atoms with Crippen LogP contribution in [-0.2, 0) is 22.5 Å². The molecule has 1 aromatic carbocycles. The van der Waals surface area contributed by atoms with Crippen LogP contribution in [0.3, 0.4) is 0 Å². The zero-order valence-electron chi connectivity index (χ0n) is 12.2. The van der Waals surface area contributed by atoms with Crippen molar-refractivity contribution in [2.45, 2.75) is 25.4 Å². The number of carbonyl (C=O) groups is 1. The van der Waals surface area contributed by atoms with Crippen LogP contribution in [-0.4, -0.2) is 24.3 Å². The summed E-state index contributed by atoms with van der Waals surface area (Å²) in [7, 11) is 0. The Hall–Kier alpha value is -2.56. The van der Waals surface area contributed by atoms with Gasteiger partial charge in [-0.05, 0) is 17.7 Å². The van der Waals surface area contributed by atoms with E-state index >= 15 is 0 Å². The highest BCUT2D eigenvalue weighted by Gasteiger charge is 2.27. The first-order valence-corrected chi connectivity index (χ1v) is 7.37. The van der Waals surface area contributed by atoms with E-state index in [0.29, 0.717) is 19.4 Å². The van der Waals surface area contributed by atoms with Gasteiger partial charge in [0.05, 0.1) is 12.0 Å². The minimum absolute atomic E-state index is 0.127. The van der Waals surface area contributed by atoms with Gasteiger partial charge in [-0.3, -0.25) is 4.79 Å². The fraction of sp³-hybridized carbons (Fsp3) is 0.294. The van der Waals surface area contributed by atoms with Gasteiger partial charge in [-0.15, -0.1) is 0 Å². The average molecular weight is 298 g/mol. The molecule has 5 heteroatoms. The third-order valence-corrected chi connectivity index (χ3v) is 3.52. The smallest absolute Gasteiger partial charge is 0.264 e. The van der Waals surface area contributed by atoms with Crippen molar-refractivity contribution in [1.29, 1.82) is 0 Å². The first kappa shape index (κ1) is 14.4. The van der Waals surface area contributed by atoms with Crippen molar-refractivity contribution in [2.75, 3.05) is 6.54 Å². The summed E-state index contributed by atoms with van der Waals surface area (Å²) < 4.78 is 5.22. The minimum atomic E-state index is -0.518. The summed E-state index contributed by atoms with van der Waals surface area (Å²) in [6.07, 6.45) is 3.04. The van der Waals surface area contributed by atoms with E-state index in [-0.39, 0.29) is 5.91 Å². The molecule has 0 aliphatic carbocycles. The van der Waals surface area contributed by atoms with Crippen molar-refractivity contribution in [2.24, 2.45) is 5.16 Å². The SMILES string of the molecule is O=C(NCCc1ccco1)C1CC(Cc2ccccc2)=NO1. The Morgan fingerprint density at radius 1 is 1.23 bits per heavy atom. The molecule has 1 aliphatic rings. The van der Waals surface area contributed by atoms with Crippen LogP contribution in [0.25, 0.3) is 0 Å². The fourth-order valence-electron chi connectivity index (χ4n) is 2.38. The fourth-order valence-corrected chi connectivity index (χ4v) is 2.38. The molecule has 1 atom stereocenters. The molecule has 0 radical (unpaired) electrons. The molecule has 0 bridgehead atoms. The third kappa shape index (κ3) is 3.75. The normalized spacial score (nSPS) is 16.9. The Balaban J connectivity index is 1.42. The first-order chi connectivity index (χ1) is 10.8. The van der Waals surface area contributed by atoms with Crippen LogP contribution < -0.4 is 5.32 Å². The van der Waals surface area contributed by atoms with Gasteiger partial charge < -0.3 is 14.6 Å². The third-order valence-electron chi connectivity index (χ3n) is 3.52. The highest BCUT2D eigenvalue weighted by atomic mass is 16.6. The average Bonchev–Trinajstić information content (AvgIpc) is 3.20. The number of nitrogens with zero attached hydrogens (tertiary/aromatic N) is 1. The van der Waals surface area contributed by atoms with Crippen molar-refractivity contribution >= 4 is 11.6 Å². The Labute approximate surface area is 129 Å². The molecule has 1 amide bonds. The molecule has 1 N–H and O–H groups in total. The summed E-state index contributed by atoms with van der Waals surface area (Å²) in [5, 5.41) is 6.88. The van der Waals surface area contributed by atoms with Crippen LogP contribution in [0.15, 0.2) is 58.3 Å². The van der Waals surface area contributed by atoms with Crippen molar-refractivity contribution in [3.8, 4) is 0 Å². The van der Waals surface area contributed by atoms with Crippen LogP contribution >= 0.6 is 0 Å². The van der Waals surface area contributed by atoms with E-state index in [9.17, 15) is 4.79 Å². The second-order valence-corrected chi connectivity index (χ2v) is 5.24. The highest BCUT2D eigenvalue weighted by molar-refractivity contribution is 5.93. The van der Waals surface area contributed by atoms with E-state index in [0.717, 1.165) is 17.9 Å². The van der Waals surface area contributed by atoms with Crippen molar-refractivity contribution in [3.63, 3.8) is 0 Å². The number of furan rings is 1. The lowest BCUT2D eigenvalue weighted by Gasteiger charge is -2.08. The summed E-state index contributed by atoms with van der Waals surface area (Å²) in [5.41, 5.74) is 2.07. The molecule has 1 aromatic heterocycles. The van der Waals surface area contributed by atoms with Gasteiger partial charge in [0.2, 0.25) is 6.10 Å². The summed E-state index contributed by atoms with van der Waals surface area (Å²) >= 11 is 0. The van der Waals surface area contributed by atoms with Crippen molar-refractivity contribution in [1.82, 2.24) is 5.32 Å². The molecule has 0 saturated carbocycles. The van der Waals surface area contributed by atoms with Gasteiger partial charge >= 0.3 is 0 Å². The van der Waals surface area contributed by atoms with E-state index in [1.54, 1.807) is 6.26 Å². The predicted octanol–water partition coefficient (Wildman–Crippen LogP) is 2.33. The maximum atomic E-state index is 12.0. The van der Waals surface area contributed by atoms with Crippen LogP contribution in [0.2, 0.25) is 0 Å². The van der Waals surface area contributed by atoms with Crippen LogP contribution in [0.1, 0.15) is 17.7 Å². The van der Waals surface area contributed by atoms with Crippen molar-refractivity contribution in [3.05, 3.63) is 60.1 Å². The molecule has 0 fully saturated rings. The Morgan fingerprint density at radius 3 is 2.86 bits per heavy atom. The van der Waals surface area contributed by atoms with Gasteiger partial charge in [0.15, 0.2) is 0 Å². The summed E-state index contributed by atoms with van der Waals surface area (Å²) in [5.74, 6) is 0.729. The van der Waals surface area contributed by atoms with Crippen LogP contribution in [0.5, 0.6) is 0 Å². The largest absolute Gasteiger partial charge is 0.469 e. The molecule has 1 unspecified atom stereocenters. The quantitative estimate of drug-likeness (QED) is 0.890. The minimum Gasteiger partial charge on any atom is -0.469 e. The maximum absolute atomic E-state index is 12.0. The molecule has 22 heavy (non-hydrogen) atoms. The Morgan fingerprint density at radius 2 is 2.09 bits per heavy atom. The first-order valence-electron chi connectivity index (χ1n) is 7.37. The number of hydrogen-bond donors (Lipinski definition) is 1. The zero-order chi connectivity index (χ0) is 15.2. The number of carbonyl (C=O) groups excluding carboxylic acids is 1. The standard InChI is InChI=1S/C17H18N2O3/c20-17(18-9-8-15-7-4-10-21-15)16-12-14(19-22-16)11-13-5-2-1-3-6-13/h1-7,10,16H,8-9,11-12H2,(H,18,20). The summed E-state index contributed by atoms with van der Waals surface area (Å²) in [6.45, 7) is 0.528. The number of amides is 1. The maximum Gasteiger partial charge on any atom is 0.264 e. The molecule has 114 valence electrons. The lowest BCUT2D eigenvalue weighted by molar-refractivity contribution is -0.131. The topological polar surface area (TPSA) is 63.8 Å². The van der Waals surface area contributed by atoms with Gasteiger partial charge in [-0.25, -0.2) is 0 Å². The zero-order valence-corrected chi connectivity index (χ0v) is 12.2. The molecule has 0 saturated heterocycles. The van der Waals surface area contributed by atoms with Gasteiger partial charge in [0.25, 0.3) is 5.91 Å². The van der Waals surface area contributed by atoms with Gasteiger partial charge in [0.1, 0.15) is 5.76 Å². The monoisotopic (exact) mass is 298 g/mol. The second-order valence-electron chi connectivity index (χ2n) is 5.24. The van der Waals surface area contributed by atoms with E-state index < -0.39 is 6.10 Å². The second kappa shape index (κ2) is 6.93. The Bertz CT molecular complexity index is 635. The highest BCUT2D eigenvalue weighted by Crippen LogP contribution is 2.14. The van der Waals surface area contributed by atoms with Crippen LogP contribution in [0.4, 0.5) is 0 Å². The molecule has 0 spiro atoms. The number of nitrogens with one attached hydrogen (secondary N) is 1. The number of oxime groups is 1. The van der Waals surface area contributed by atoms with E-state index in [1.165, 1.54) is 5.56 Å². The molecular formula is C17H18N2O3. The van der Waals surface area contributed by atoms with Crippen molar-refractivity contribution < 1.29 is 14.0 Å². The summed E-state index contributed by atoms with van der Waals surface area (Å²) in [4.78, 5) is 17.3.